The fourth-order valence-electron chi connectivity index (χ4n) is 2.03. The molecule has 0 amide bonds. The molecular formula is C14H21N3OS. The van der Waals surface area contributed by atoms with E-state index in [9.17, 15) is 4.79 Å². The van der Waals surface area contributed by atoms with Gasteiger partial charge in [-0.05, 0) is 41.8 Å². The van der Waals surface area contributed by atoms with Crippen molar-refractivity contribution in [1.82, 2.24) is 14.5 Å². The summed E-state index contributed by atoms with van der Waals surface area (Å²) in [6, 6.07) is 2.15. The van der Waals surface area contributed by atoms with Gasteiger partial charge in [0.25, 0.3) is 0 Å². The van der Waals surface area contributed by atoms with Crippen LogP contribution in [0.15, 0.2) is 34.0 Å². The Labute approximate surface area is 117 Å². The lowest BCUT2D eigenvalue weighted by atomic mass is 10.2. The Hall–Kier alpha value is -1.33. The molecule has 0 saturated carbocycles. The lowest BCUT2D eigenvalue weighted by Gasteiger charge is -2.04. The third kappa shape index (κ3) is 4.08. The number of aromatic nitrogens is 2. The van der Waals surface area contributed by atoms with Crippen LogP contribution in [0.1, 0.15) is 18.9 Å². The molecule has 4 nitrogen and oxygen atoms in total. The monoisotopic (exact) mass is 279 g/mol. The summed E-state index contributed by atoms with van der Waals surface area (Å²) in [5.41, 5.74) is 1.48. The molecule has 1 N–H and O–H groups in total. The first kappa shape index (κ1) is 14.1. The lowest BCUT2D eigenvalue weighted by molar-refractivity contribution is 0.563. The molecule has 0 aliphatic rings. The van der Waals surface area contributed by atoms with E-state index in [0.29, 0.717) is 0 Å². The predicted octanol–water partition coefficient (Wildman–Crippen LogP) is 1.95. The molecule has 0 aromatic carbocycles. The molecule has 0 atom stereocenters. The van der Waals surface area contributed by atoms with Crippen molar-refractivity contribution in [2.24, 2.45) is 0 Å². The molecule has 2 rings (SSSR count). The van der Waals surface area contributed by atoms with Crippen LogP contribution in [0.5, 0.6) is 0 Å². The first-order chi connectivity index (χ1) is 9.31. The number of aryl methyl sites for hydroxylation is 1. The van der Waals surface area contributed by atoms with Crippen LogP contribution in [-0.4, -0.2) is 22.2 Å². The van der Waals surface area contributed by atoms with E-state index in [1.807, 2.05) is 12.4 Å². The molecule has 0 fully saturated rings. The van der Waals surface area contributed by atoms with Gasteiger partial charge in [0.1, 0.15) is 0 Å². The fourth-order valence-corrected chi connectivity index (χ4v) is 2.73. The molecule has 0 saturated heterocycles. The molecule has 0 aliphatic heterocycles. The predicted molar refractivity (Wildman–Crippen MR) is 79.9 cm³/mol. The summed E-state index contributed by atoms with van der Waals surface area (Å²) < 4.78 is 3.54. The summed E-state index contributed by atoms with van der Waals surface area (Å²) in [6.45, 7) is 5.41. The van der Waals surface area contributed by atoms with Gasteiger partial charge >= 0.3 is 5.69 Å². The lowest BCUT2D eigenvalue weighted by Crippen LogP contribution is -2.29. The second kappa shape index (κ2) is 7.31. The molecule has 2 heterocycles. The van der Waals surface area contributed by atoms with E-state index in [2.05, 4.69) is 29.1 Å². The standard InChI is InChI=1S/C14H21N3OS/c1-2-7-16-9-10-17(14(16)18)8-6-15-5-3-13-4-11-19-12-13/h4,9-12,15H,2-3,5-8H2,1H3. The van der Waals surface area contributed by atoms with Gasteiger partial charge in [-0.15, -0.1) is 0 Å². The number of nitrogens with one attached hydrogen (secondary N) is 1. The summed E-state index contributed by atoms with van der Waals surface area (Å²) >= 11 is 1.73. The minimum Gasteiger partial charge on any atom is -0.315 e. The Morgan fingerprint density at radius 2 is 2.00 bits per heavy atom. The summed E-state index contributed by atoms with van der Waals surface area (Å²) in [4.78, 5) is 11.9. The Bertz CT molecular complexity index is 527. The number of hydrogen-bond donors (Lipinski definition) is 1. The van der Waals surface area contributed by atoms with E-state index in [-0.39, 0.29) is 5.69 Å². The van der Waals surface area contributed by atoms with E-state index in [1.165, 1.54) is 5.56 Å². The molecular weight excluding hydrogens is 258 g/mol. The summed E-state index contributed by atoms with van der Waals surface area (Å²) in [6.07, 6.45) is 5.79. The minimum absolute atomic E-state index is 0.0986. The Morgan fingerprint density at radius 3 is 2.68 bits per heavy atom. The van der Waals surface area contributed by atoms with E-state index in [1.54, 1.807) is 20.5 Å². The molecule has 2 aromatic heterocycles. The highest BCUT2D eigenvalue weighted by atomic mass is 32.1. The van der Waals surface area contributed by atoms with Crippen LogP contribution in [0.3, 0.4) is 0 Å². The highest BCUT2D eigenvalue weighted by molar-refractivity contribution is 7.07. The van der Waals surface area contributed by atoms with Gasteiger partial charge < -0.3 is 5.32 Å². The van der Waals surface area contributed by atoms with Crippen LogP contribution in [0, 0.1) is 0 Å². The van der Waals surface area contributed by atoms with Crippen LogP contribution in [0.2, 0.25) is 0 Å². The van der Waals surface area contributed by atoms with Crippen molar-refractivity contribution < 1.29 is 0 Å². The van der Waals surface area contributed by atoms with Gasteiger partial charge in [-0.1, -0.05) is 6.92 Å². The molecule has 5 heteroatoms. The maximum absolute atomic E-state index is 11.9. The molecule has 104 valence electrons. The molecule has 19 heavy (non-hydrogen) atoms. The fraction of sp³-hybridized carbons (Fsp3) is 0.500. The summed E-state index contributed by atoms with van der Waals surface area (Å²) in [5.74, 6) is 0. The number of thiophene rings is 1. The normalized spacial score (nSPS) is 11.0. The maximum Gasteiger partial charge on any atom is 0.328 e. The SMILES string of the molecule is CCCn1ccn(CCNCCc2ccsc2)c1=O. The average Bonchev–Trinajstić information content (AvgIpc) is 3.03. The van der Waals surface area contributed by atoms with E-state index < -0.39 is 0 Å². The number of hydrogen-bond acceptors (Lipinski definition) is 3. The van der Waals surface area contributed by atoms with Crippen molar-refractivity contribution in [2.45, 2.75) is 32.9 Å². The zero-order chi connectivity index (χ0) is 13.5. The summed E-state index contributed by atoms with van der Waals surface area (Å²) in [5, 5.41) is 7.66. The maximum atomic E-state index is 11.9. The van der Waals surface area contributed by atoms with Gasteiger partial charge in [0.15, 0.2) is 0 Å². The largest absolute Gasteiger partial charge is 0.328 e. The average molecular weight is 279 g/mol. The van der Waals surface area contributed by atoms with Crippen LogP contribution in [0.25, 0.3) is 0 Å². The Morgan fingerprint density at radius 1 is 1.21 bits per heavy atom. The third-order valence-corrected chi connectivity index (χ3v) is 3.81. The zero-order valence-corrected chi connectivity index (χ0v) is 12.2. The van der Waals surface area contributed by atoms with Crippen molar-refractivity contribution >= 4 is 11.3 Å². The van der Waals surface area contributed by atoms with E-state index >= 15 is 0 Å². The van der Waals surface area contributed by atoms with Crippen molar-refractivity contribution in [1.29, 1.82) is 0 Å². The number of imidazole rings is 1. The van der Waals surface area contributed by atoms with Gasteiger partial charge in [0.2, 0.25) is 0 Å². The van der Waals surface area contributed by atoms with Gasteiger partial charge in [-0.25, -0.2) is 4.79 Å². The van der Waals surface area contributed by atoms with E-state index in [4.69, 9.17) is 0 Å². The Kier molecular flexibility index (Phi) is 5.42. The molecule has 0 aliphatic carbocycles. The minimum atomic E-state index is 0.0986. The second-order valence-electron chi connectivity index (χ2n) is 4.60. The van der Waals surface area contributed by atoms with Crippen LogP contribution in [0.4, 0.5) is 0 Å². The van der Waals surface area contributed by atoms with Crippen molar-refractivity contribution in [3.8, 4) is 0 Å². The molecule has 0 spiro atoms. The molecule has 0 unspecified atom stereocenters. The smallest absolute Gasteiger partial charge is 0.315 e. The van der Waals surface area contributed by atoms with Crippen molar-refractivity contribution in [3.05, 3.63) is 45.3 Å². The van der Waals surface area contributed by atoms with Gasteiger partial charge in [0.05, 0.1) is 0 Å². The zero-order valence-electron chi connectivity index (χ0n) is 11.3. The highest BCUT2D eigenvalue weighted by Crippen LogP contribution is 2.05. The third-order valence-electron chi connectivity index (χ3n) is 3.08. The molecule has 0 bridgehead atoms. The van der Waals surface area contributed by atoms with Gasteiger partial charge in [0, 0.05) is 32.0 Å². The molecule has 2 aromatic rings. The van der Waals surface area contributed by atoms with Gasteiger partial charge in [-0.2, -0.15) is 11.3 Å². The summed E-state index contributed by atoms with van der Waals surface area (Å²) in [7, 11) is 0. The second-order valence-corrected chi connectivity index (χ2v) is 5.38. The van der Waals surface area contributed by atoms with Crippen LogP contribution < -0.4 is 11.0 Å². The first-order valence-corrected chi connectivity index (χ1v) is 7.73. The van der Waals surface area contributed by atoms with Crippen LogP contribution in [-0.2, 0) is 19.5 Å². The molecule has 0 radical (unpaired) electrons. The van der Waals surface area contributed by atoms with Crippen LogP contribution >= 0.6 is 11.3 Å². The first-order valence-electron chi connectivity index (χ1n) is 6.78. The quantitative estimate of drug-likeness (QED) is 0.750. The Balaban J connectivity index is 1.69. The number of nitrogens with zero attached hydrogens (tertiary/aromatic N) is 2. The van der Waals surface area contributed by atoms with Crippen molar-refractivity contribution in [3.63, 3.8) is 0 Å². The highest BCUT2D eigenvalue weighted by Gasteiger charge is 2.01. The van der Waals surface area contributed by atoms with Gasteiger partial charge in [-0.3, -0.25) is 9.13 Å². The number of rotatable bonds is 8. The topological polar surface area (TPSA) is 39.0 Å². The van der Waals surface area contributed by atoms with E-state index in [0.717, 1.165) is 39.0 Å². The van der Waals surface area contributed by atoms with Crippen molar-refractivity contribution in [2.75, 3.05) is 13.1 Å².